The highest BCUT2D eigenvalue weighted by atomic mass is 16.2. The summed E-state index contributed by atoms with van der Waals surface area (Å²) in [5.74, 6) is 0.344. The molecule has 0 radical (unpaired) electrons. The molecular formula is C24H31N3O2. The van der Waals surface area contributed by atoms with Crippen LogP contribution in [0.25, 0.3) is 0 Å². The number of rotatable bonds is 6. The molecule has 1 fully saturated rings. The predicted octanol–water partition coefficient (Wildman–Crippen LogP) is 4.31. The van der Waals surface area contributed by atoms with Gasteiger partial charge in [0, 0.05) is 24.7 Å². The SMILES string of the molecule is CC(C)NC(=O)c1ccccc1NC(=O)c1ccc(CN2CCC[C@@H](C)C2)cc1. The third kappa shape index (κ3) is 5.91. The van der Waals surface area contributed by atoms with Gasteiger partial charge >= 0.3 is 0 Å². The molecule has 29 heavy (non-hydrogen) atoms. The van der Waals surface area contributed by atoms with Crippen LogP contribution >= 0.6 is 0 Å². The average Bonchev–Trinajstić information content (AvgIpc) is 2.68. The molecule has 1 atom stereocenters. The number of likely N-dealkylation sites (tertiary alicyclic amines) is 1. The van der Waals surface area contributed by atoms with Crippen molar-refractivity contribution in [1.29, 1.82) is 0 Å². The molecule has 0 aliphatic carbocycles. The van der Waals surface area contributed by atoms with E-state index in [0.717, 1.165) is 25.6 Å². The van der Waals surface area contributed by atoms with E-state index in [1.54, 1.807) is 18.2 Å². The molecule has 154 valence electrons. The van der Waals surface area contributed by atoms with Gasteiger partial charge < -0.3 is 10.6 Å². The molecule has 2 aromatic rings. The van der Waals surface area contributed by atoms with Gasteiger partial charge in [-0.3, -0.25) is 14.5 Å². The fraction of sp³-hybridized carbons (Fsp3) is 0.417. The largest absolute Gasteiger partial charge is 0.350 e. The zero-order valence-electron chi connectivity index (χ0n) is 17.6. The second-order valence-corrected chi connectivity index (χ2v) is 8.31. The molecule has 1 aliphatic rings. The van der Waals surface area contributed by atoms with Crippen molar-refractivity contribution in [2.24, 2.45) is 5.92 Å². The standard InChI is InChI=1S/C24H31N3O2/c1-17(2)25-24(29)21-8-4-5-9-22(21)26-23(28)20-12-10-19(11-13-20)16-27-14-6-7-18(3)15-27/h4-5,8-13,17-18H,6-7,14-16H2,1-3H3,(H,25,29)(H,26,28)/t18-/m1/s1. The lowest BCUT2D eigenvalue weighted by molar-refractivity contribution is 0.0944. The lowest BCUT2D eigenvalue weighted by Gasteiger charge is -2.30. The number of hydrogen-bond donors (Lipinski definition) is 2. The van der Waals surface area contributed by atoms with E-state index in [4.69, 9.17) is 0 Å². The maximum absolute atomic E-state index is 12.7. The van der Waals surface area contributed by atoms with Crippen LogP contribution in [0.3, 0.4) is 0 Å². The van der Waals surface area contributed by atoms with Crippen molar-refractivity contribution in [3.05, 3.63) is 65.2 Å². The molecule has 3 rings (SSSR count). The molecule has 1 aliphatic heterocycles. The lowest BCUT2D eigenvalue weighted by atomic mass is 9.99. The zero-order valence-corrected chi connectivity index (χ0v) is 17.6. The van der Waals surface area contributed by atoms with Crippen LogP contribution in [0.2, 0.25) is 0 Å². The quantitative estimate of drug-likeness (QED) is 0.769. The Morgan fingerprint density at radius 1 is 1.07 bits per heavy atom. The van der Waals surface area contributed by atoms with Crippen molar-refractivity contribution in [2.75, 3.05) is 18.4 Å². The van der Waals surface area contributed by atoms with E-state index in [-0.39, 0.29) is 17.9 Å². The first-order chi connectivity index (χ1) is 13.9. The molecule has 5 nitrogen and oxygen atoms in total. The van der Waals surface area contributed by atoms with Gasteiger partial charge in [0.1, 0.15) is 0 Å². The monoisotopic (exact) mass is 393 g/mol. The third-order valence-electron chi connectivity index (χ3n) is 5.20. The Morgan fingerprint density at radius 3 is 2.48 bits per heavy atom. The van der Waals surface area contributed by atoms with Crippen LogP contribution in [0, 0.1) is 5.92 Å². The van der Waals surface area contributed by atoms with Crippen molar-refractivity contribution in [3.8, 4) is 0 Å². The second-order valence-electron chi connectivity index (χ2n) is 8.31. The second kappa shape index (κ2) is 9.70. The first kappa shape index (κ1) is 21.1. The molecule has 0 spiro atoms. The number of carbonyl (C=O) groups excluding carboxylic acids is 2. The summed E-state index contributed by atoms with van der Waals surface area (Å²) in [5, 5.41) is 5.74. The van der Waals surface area contributed by atoms with Crippen LogP contribution in [0.15, 0.2) is 48.5 Å². The Balaban J connectivity index is 1.65. The first-order valence-corrected chi connectivity index (χ1v) is 10.4. The summed E-state index contributed by atoms with van der Waals surface area (Å²) in [6.45, 7) is 9.32. The molecule has 5 heteroatoms. The van der Waals surface area contributed by atoms with E-state index in [1.165, 1.54) is 18.4 Å². The Kier molecular flexibility index (Phi) is 7.04. The number of nitrogens with zero attached hydrogens (tertiary/aromatic N) is 1. The molecular weight excluding hydrogens is 362 g/mol. The summed E-state index contributed by atoms with van der Waals surface area (Å²) in [6.07, 6.45) is 2.57. The topological polar surface area (TPSA) is 61.4 Å². The molecule has 2 amide bonds. The number of piperidine rings is 1. The van der Waals surface area contributed by atoms with Crippen LogP contribution in [0.5, 0.6) is 0 Å². The minimum Gasteiger partial charge on any atom is -0.350 e. The molecule has 0 aromatic heterocycles. The normalized spacial score (nSPS) is 17.2. The molecule has 2 N–H and O–H groups in total. The highest BCUT2D eigenvalue weighted by Gasteiger charge is 2.17. The highest BCUT2D eigenvalue weighted by Crippen LogP contribution is 2.19. The number of carbonyl (C=O) groups is 2. The van der Waals surface area contributed by atoms with Crippen LogP contribution in [0.1, 0.15) is 59.9 Å². The van der Waals surface area contributed by atoms with Crippen LogP contribution < -0.4 is 10.6 Å². The Bertz CT molecular complexity index is 845. The number of amides is 2. The summed E-state index contributed by atoms with van der Waals surface area (Å²) >= 11 is 0. The Hall–Kier alpha value is -2.66. The Labute approximate surface area is 173 Å². The molecule has 0 saturated carbocycles. The fourth-order valence-corrected chi connectivity index (χ4v) is 3.77. The van der Waals surface area contributed by atoms with Crippen LogP contribution in [-0.2, 0) is 6.54 Å². The van der Waals surface area contributed by atoms with Gasteiger partial charge in [-0.1, -0.05) is 31.2 Å². The fourth-order valence-electron chi connectivity index (χ4n) is 3.77. The van der Waals surface area contributed by atoms with Crippen molar-refractivity contribution < 1.29 is 9.59 Å². The van der Waals surface area contributed by atoms with E-state index in [0.29, 0.717) is 16.8 Å². The van der Waals surface area contributed by atoms with Gasteiger partial charge in [0.25, 0.3) is 11.8 Å². The van der Waals surface area contributed by atoms with Crippen LogP contribution in [0.4, 0.5) is 5.69 Å². The van der Waals surface area contributed by atoms with Gasteiger partial charge in [0.2, 0.25) is 0 Å². The van der Waals surface area contributed by atoms with Gasteiger partial charge in [-0.05, 0) is 69.0 Å². The molecule has 1 heterocycles. The van der Waals surface area contributed by atoms with Crippen molar-refractivity contribution in [1.82, 2.24) is 10.2 Å². The summed E-state index contributed by atoms with van der Waals surface area (Å²) in [4.78, 5) is 27.6. The smallest absolute Gasteiger partial charge is 0.255 e. The average molecular weight is 394 g/mol. The van der Waals surface area contributed by atoms with Crippen molar-refractivity contribution in [2.45, 2.75) is 46.2 Å². The summed E-state index contributed by atoms with van der Waals surface area (Å²) in [6, 6.07) is 14.9. The van der Waals surface area contributed by atoms with E-state index in [9.17, 15) is 9.59 Å². The maximum atomic E-state index is 12.7. The number of benzene rings is 2. The first-order valence-electron chi connectivity index (χ1n) is 10.4. The highest BCUT2D eigenvalue weighted by molar-refractivity contribution is 6.09. The van der Waals surface area contributed by atoms with Crippen LogP contribution in [-0.4, -0.2) is 35.8 Å². The number of nitrogens with one attached hydrogen (secondary N) is 2. The van der Waals surface area contributed by atoms with Gasteiger partial charge in [-0.15, -0.1) is 0 Å². The zero-order chi connectivity index (χ0) is 20.8. The number of hydrogen-bond acceptors (Lipinski definition) is 3. The Morgan fingerprint density at radius 2 is 1.79 bits per heavy atom. The van der Waals surface area contributed by atoms with Gasteiger partial charge in [0.05, 0.1) is 11.3 Å². The summed E-state index contributed by atoms with van der Waals surface area (Å²) < 4.78 is 0. The maximum Gasteiger partial charge on any atom is 0.255 e. The van der Waals surface area contributed by atoms with Crippen molar-refractivity contribution in [3.63, 3.8) is 0 Å². The van der Waals surface area contributed by atoms with E-state index in [2.05, 4.69) is 22.5 Å². The molecule has 1 saturated heterocycles. The summed E-state index contributed by atoms with van der Waals surface area (Å²) in [7, 11) is 0. The van der Waals surface area contributed by atoms with Gasteiger partial charge in [-0.2, -0.15) is 0 Å². The molecule has 2 aromatic carbocycles. The minimum absolute atomic E-state index is 0.0293. The lowest BCUT2D eigenvalue weighted by Crippen LogP contribution is -2.33. The third-order valence-corrected chi connectivity index (χ3v) is 5.20. The molecule has 0 bridgehead atoms. The van der Waals surface area contributed by atoms with Crippen molar-refractivity contribution >= 4 is 17.5 Å². The van der Waals surface area contributed by atoms with E-state index in [1.807, 2.05) is 44.2 Å². The van der Waals surface area contributed by atoms with Gasteiger partial charge in [0.15, 0.2) is 0 Å². The predicted molar refractivity (Wildman–Crippen MR) is 117 cm³/mol. The number of anilines is 1. The van der Waals surface area contributed by atoms with E-state index < -0.39 is 0 Å². The van der Waals surface area contributed by atoms with Gasteiger partial charge in [-0.25, -0.2) is 0 Å². The number of para-hydroxylation sites is 1. The van der Waals surface area contributed by atoms with E-state index >= 15 is 0 Å². The summed E-state index contributed by atoms with van der Waals surface area (Å²) in [5.41, 5.74) is 2.78. The molecule has 0 unspecified atom stereocenters. The minimum atomic E-state index is -0.215.